The lowest BCUT2D eigenvalue weighted by atomic mass is 10.2. The van der Waals surface area contributed by atoms with Crippen LogP contribution in [-0.4, -0.2) is 47.1 Å². The van der Waals surface area contributed by atoms with Crippen LogP contribution >= 0.6 is 23.2 Å². The Morgan fingerprint density at radius 1 is 1.18 bits per heavy atom. The van der Waals surface area contributed by atoms with Crippen LogP contribution in [0.25, 0.3) is 0 Å². The van der Waals surface area contributed by atoms with Gasteiger partial charge in [0.1, 0.15) is 5.02 Å². The van der Waals surface area contributed by atoms with Crippen molar-refractivity contribution in [3.8, 4) is 0 Å². The zero-order valence-electron chi connectivity index (χ0n) is 10.0. The Bertz CT molecular complexity index is 389. The van der Waals surface area contributed by atoms with Gasteiger partial charge < -0.3 is 4.90 Å². The predicted octanol–water partition coefficient (Wildman–Crippen LogP) is 2.31. The second-order valence-corrected chi connectivity index (χ2v) is 5.17. The first kappa shape index (κ1) is 12.9. The van der Waals surface area contributed by atoms with Crippen molar-refractivity contribution in [3.63, 3.8) is 0 Å². The molecule has 0 bridgehead atoms. The summed E-state index contributed by atoms with van der Waals surface area (Å²) in [6.07, 6.45) is 1.56. The van der Waals surface area contributed by atoms with Crippen molar-refractivity contribution in [1.29, 1.82) is 0 Å². The molecule has 6 heteroatoms. The van der Waals surface area contributed by atoms with Gasteiger partial charge in [-0.15, -0.1) is 0 Å². The molecule has 2 heterocycles. The molecule has 0 aromatic carbocycles. The summed E-state index contributed by atoms with van der Waals surface area (Å²) in [4.78, 5) is 12.7. The maximum atomic E-state index is 6.09. The molecule has 0 amide bonds. The van der Waals surface area contributed by atoms with E-state index in [1.807, 2.05) is 0 Å². The van der Waals surface area contributed by atoms with Gasteiger partial charge in [0.2, 0.25) is 5.28 Å². The van der Waals surface area contributed by atoms with Gasteiger partial charge in [-0.3, -0.25) is 4.90 Å². The molecule has 1 fully saturated rings. The van der Waals surface area contributed by atoms with E-state index in [0.29, 0.717) is 11.1 Å². The third-order valence-corrected chi connectivity index (χ3v) is 3.49. The van der Waals surface area contributed by atoms with Crippen LogP contribution in [0.15, 0.2) is 6.20 Å². The van der Waals surface area contributed by atoms with Gasteiger partial charge in [-0.1, -0.05) is 11.6 Å². The van der Waals surface area contributed by atoms with Crippen LogP contribution in [0.1, 0.15) is 13.8 Å². The number of aromatic nitrogens is 2. The molecule has 1 aliphatic rings. The molecule has 1 aromatic heterocycles. The average molecular weight is 275 g/mol. The van der Waals surface area contributed by atoms with E-state index in [4.69, 9.17) is 23.2 Å². The minimum Gasteiger partial charge on any atom is -0.353 e. The number of piperazine rings is 1. The Hall–Kier alpha value is -0.580. The highest BCUT2D eigenvalue weighted by molar-refractivity contribution is 6.33. The van der Waals surface area contributed by atoms with Crippen LogP contribution in [0.2, 0.25) is 10.3 Å². The summed E-state index contributed by atoms with van der Waals surface area (Å²) in [5.41, 5.74) is 0. The van der Waals surface area contributed by atoms with Crippen LogP contribution in [-0.2, 0) is 0 Å². The monoisotopic (exact) mass is 274 g/mol. The summed E-state index contributed by atoms with van der Waals surface area (Å²) in [5, 5.41) is 0.808. The third-order valence-electron chi connectivity index (χ3n) is 3.04. The van der Waals surface area contributed by atoms with E-state index in [1.165, 1.54) is 0 Å². The number of hydrogen-bond donors (Lipinski definition) is 0. The molecule has 2 rings (SSSR count). The molecule has 0 unspecified atom stereocenters. The molecule has 1 aliphatic heterocycles. The van der Waals surface area contributed by atoms with E-state index >= 15 is 0 Å². The van der Waals surface area contributed by atoms with Gasteiger partial charge in [0.05, 0.1) is 6.20 Å². The number of nitrogens with zero attached hydrogens (tertiary/aromatic N) is 4. The fraction of sp³-hybridized carbons (Fsp3) is 0.636. The topological polar surface area (TPSA) is 32.3 Å². The lowest BCUT2D eigenvalue weighted by Gasteiger charge is -2.37. The zero-order chi connectivity index (χ0) is 12.4. The molecule has 1 saturated heterocycles. The van der Waals surface area contributed by atoms with E-state index < -0.39 is 0 Å². The molecule has 0 spiro atoms. The van der Waals surface area contributed by atoms with Crippen molar-refractivity contribution >= 4 is 29.0 Å². The quantitative estimate of drug-likeness (QED) is 0.775. The first-order valence-corrected chi connectivity index (χ1v) is 6.50. The van der Waals surface area contributed by atoms with E-state index in [-0.39, 0.29) is 5.28 Å². The Balaban J connectivity index is 2.07. The van der Waals surface area contributed by atoms with Crippen LogP contribution in [0.4, 0.5) is 5.82 Å². The SMILES string of the molecule is CC(C)N1CCN(c2nc(Cl)ncc2Cl)CC1. The minimum absolute atomic E-state index is 0.246. The molecular weight excluding hydrogens is 259 g/mol. The highest BCUT2D eigenvalue weighted by Gasteiger charge is 2.21. The molecule has 0 aliphatic carbocycles. The molecule has 0 saturated carbocycles. The molecule has 1 aromatic rings. The molecule has 17 heavy (non-hydrogen) atoms. The van der Waals surface area contributed by atoms with Crippen LogP contribution < -0.4 is 4.90 Å². The summed E-state index contributed by atoms with van der Waals surface area (Å²) < 4.78 is 0. The fourth-order valence-corrected chi connectivity index (χ4v) is 2.35. The van der Waals surface area contributed by atoms with Crippen LogP contribution in [0.3, 0.4) is 0 Å². The maximum Gasteiger partial charge on any atom is 0.224 e. The summed E-state index contributed by atoms with van der Waals surface area (Å²) in [6, 6.07) is 0.585. The maximum absolute atomic E-state index is 6.09. The minimum atomic E-state index is 0.246. The summed E-state index contributed by atoms with van der Waals surface area (Å²) in [7, 11) is 0. The smallest absolute Gasteiger partial charge is 0.224 e. The van der Waals surface area contributed by atoms with E-state index in [1.54, 1.807) is 6.20 Å². The standard InChI is InChI=1S/C11H16Cl2N4/c1-8(2)16-3-5-17(6-4-16)10-9(12)7-14-11(13)15-10/h7-8H,3-6H2,1-2H3. The van der Waals surface area contributed by atoms with E-state index in [2.05, 4.69) is 33.6 Å². The zero-order valence-corrected chi connectivity index (χ0v) is 11.5. The largest absolute Gasteiger partial charge is 0.353 e. The second-order valence-electron chi connectivity index (χ2n) is 4.43. The van der Waals surface area contributed by atoms with Crippen molar-refractivity contribution in [2.45, 2.75) is 19.9 Å². The average Bonchev–Trinajstić information content (AvgIpc) is 2.32. The molecular formula is C11H16Cl2N4. The second kappa shape index (κ2) is 5.38. The molecule has 94 valence electrons. The summed E-state index contributed by atoms with van der Waals surface area (Å²) in [5.74, 6) is 0.745. The lowest BCUT2D eigenvalue weighted by Crippen LogP contribution is -2.49. The fourth-order valence-electron chi connectivity index (χ4n) is 2.01. The first-order chi connectivity index (χ1) is 8.08. The van der Waals surface area contributed by atoms with Gasteiger partial charge in [-0.05, 0) is 25.4 Å². The van der Waals surface area contributed by atoms with Crippen LogP contribution in [0, 0.1) is 0 Å². The van der Waals surface area contributed by atoms with Gasteiger partial charge in [0.15, 0.2) is 5.82 Å². The molecule has 4 nitrogen and oxygen atoms in total. The van der Waals surface area contributed by atoms with Crippen molar-refractivity contribution in [2.24, 2.45) is 0 Å². The number of halogens is 2. The normalized spacial score (nSPS) is 17.8. The Kier molecular flexibility index (Phi) is 4.07. The highest BCUT2D eigenvalue weighted by Crippen LogP contribution is 2.24. The third kappa shape index (κ3) is 3.00. The van der Waals surface area contributed by atoms with E-state index in [0.717, 1.165) is 32.0 Å². The van der Waals surface area contributed by atoms with Crippen molar-refractivity contribution in [1.82, 2.24) is 14.9 Å². The highest BCUT2D eigenvalue weighted by atomic mass is 35.5. The Morgan fingerprint density at radius 2 is 1.82 bits per heavy atom. The lowest BCUT2D eigenvalue weighted by molar-refractivity contribution is 0.209. The predicted molar refractivity (Wildman–Crippen MR) is 71.0 cm³/mol. The molecule has 0 atom stereocenters. The first-order valence-electron chi connectivity index (χ1n) is 5.75. The number of hydrogen-bond acceptors (Lipinski definition) is 4. The van der Waals surface area contributed by atoms with Crippen molar-refractivity contribution in [3.05, 3.63) is 16.5 Å². The summed E-state index contributed by atoms with van der Waals surface area (Å²) in [6.45, 7) is 8.32. The van der Waals surface area contributed by atoms with Gasteiger partial charge in [-0.25, -0.2) is 4.98 Å². The summed E-state index contributed by atoms with van der Waals surface area (Å²) >= 11 is 11.9. The Morgan fingerprint density at radius 3 is 2.41 bits per heavy atom. The van der Waals surface area contributed by atoms with Crippen molar-refractivity contribution in [2.75, 3.05) is 31.1 Å². The van der Waals surface area contributed by atoms with E-state index in [9.17, 15) is 0 Å². The molecule has 0 radical (unpaired) electrons. The number of rotatable bonds is 2. The molecule has 0 N–H and O–H groups in total. The van der Waals surface area contributed by atoms with Gasteiger partial charge >= 0.3 is 0 Å². The van der Waals surface area contributed by atoms with Gasteiger partial charge in [-0.2, -0.15) is 4.98 Å². The van der Waals surface area contributed by atoms with Crippen LogP contribution in [0.5, 0.6) is 0 Å². The Labute approximate surface area is 112 Å². The van der Waals surface area contributed by atoms with Gasteiger partial charge in [0.25, 0.3) is 0 Å². The van der Waals surface area contributed by atoms with Gasteiger partial charge in [0, 0.05) is 32.2 Å². The number of anilines is 1. The van der Waals surface area contributed by atoms with Crippen molar-refractivity contribution < 1.29 is 0 Å².